The molecule has 3 N–H and O–H groups in total. The number of carbonyl (C=O) groups excluding carboxylic acids is 1. The number of rotatable bonds is 5. The minimum atomic E-state index is -1.01. The minimum absolute atomic E-state index is 0.298. The molecule has 0 aliphatic carbocycles. The first-order chi connectivity index (χ1) is 9.55. The van der Waals surface area contributed by atoms with E-state index in [0.29, 0.717) is 12.1 Å². The first-order valence-corrected chi connectivity index (χ1v) is 6.10. The Morgan fingerprint density at radius 1 is 1.40 bits per heavy atom. The molecule has 0 heterocycles. The summed E-state index contributed by atoms with van der Waals surface area (Å²) in [6.07, 6.45) is 8.43. The number of benzene rings is 1. The largest absolute Gasteiger partial charge is 0.478 e. The molecular weight excluding hydrogens is 256 g/mol. The van der Waals surface area contributed by atoms with E-state index in [9.17, 15) is 9.59 Å². The quantitative estimate of drug-likeness (QED) is 0.568. The Morgan fingerprint density at radius 2 is 2.05 bits per heavy atom. The molecule has 0 spiro atoms. The van der Waals surface area contributed by atoms with E-state index in [1.165, 1.54) is 6.08 Å². The number of amides is 2. The SMILES string of the molecule is C#CC(CC)NC(=O)Nc1ccc(/C=C/C(=O)O)cc1. The Balaban J connectivity index is 2.59. The lowest BCUT2D eigenvalue weighted by Gasteiger charge is -2.11. The third kappa shape index (κ3) is 5.27. The van der Waals surface area contributed by atoms with Crippen LogP contribution in [0.3, 0.4) is 0 Å². The fourth-order valence-corrected chi connectivity index (χ4v) is 1.43. The predicted molar refractivity (Wildman–Crippen MR) is 78.2 cm³/mol. The molecule has 0 saturated carbocycles. The second-order valence-corrected chi connectivity index (χ2v) is 4.02. The summed E-state index contributed by atoms with van der Waals surface area (Å²) in [5.74, 6) is 1.46. The van der Waals surface area contributed by atoms with Gasteiger partial charge in [-0.15, -0.1) is 6.42 Å². The molecule has 0 fully saturated rings. The maximum absolute atomic E-state index is 11.6. The molecule has 0 aromatic heterocycles. The van der Waals surface area contributed by atoms with Gasteiger partial charge in [-0.1, -0.05) is 25.0 Å². The molecule has 0 aliphatic rings. The van der Waals surface area contributed by atoms with Crippen LogP contribution in [0.2, 0.25) is 0 Å². The van der Waals surface area contributed by atoms with Crippen LogP contribution in [-0.4, -0.2) is 23.1 Å². The van der Waals surface area contributed by atoms with E-state index in [1.54, 1.807) is 24.3 Å². The van der Waals surface area contributed by atoms with Crippen molar-refractivity contribution >= 4 is 23.8 Å². The molecule has 1 unspecified atom stereocenters. The number of carboxylic acid groups (broad SMARTS) is 1. The molecule has 5 nitrogen and oxygen atoms in total. The molecule has 0 bridgehead atoms. The molecule has 104 valence electrons. The van der Waals surface area contributed by atoms with Gasteiger partial charge < -0.3 is 15.7 Å². The molecule has 5 heteroatoms. The van der Waals surface area contributed by atoms with E-state index in [2.05, 4.69) is 16.6 Å². The summed E-state index contributed by atoms with van der Waals surface area (Å²) >= 11 is 0. The monoisotopic (exact) mass is 272 g/mol. The molecule has 0 saturated heterocycles. The maximum Gasteiger partial charge on any atom is 0.328 e. The van der Waals surface area contributed by atoms with Gasteiger partial charge in [-0.3, -0.25) is 0 Å². The molecule has 0 aliphatic heterocycles. The Labute approximate surface area is 117 Å². The fourth-order valence-electron chi connectivity index (χ4n) is 1.43. The zero-order chi connectivity index (χ0) is 15.0. The lowest BCUT2D eigenvalue weighted by molar-refractivity contribution is -0.131. The van der Waals surface area contributed by atoms with Crippen molar-refractivity contribution in [2.75, 3.05) is 5.32 Å². The molecule has 1 aromatic carbocycles. The first-order valence-electron chi connectivity index (χ1n) is 6.10. The van der Waals surface area contributed by atoms with Crippen LogP contribution >= 0.6 is 0 Å². The first kappa shape index (κ1) is 15.3. The Hall–Kier alpha value is -2.74. The molecular formula is C15H16N2O3. The highest BCUT2D eigenvalue weighted by molar-refractivity contribution is 5.90. The average molecular weight is 272 g/mol. The Bertz CT molecular complexity index is 541. The van der Waals surface area contributed by atoms with Crippen molar-refractivity contribution in [2.24, 2.45) is 0 Å². The zero-order valence-corrected chi connectivity index (χ0v) is 11.1. The molecule has 1 aromatic rings. The summed E-state index contributed by atoms with van der Waals surface area (Å²) < 4.78 is 0. The number of carboxylic acids is 1. The number of urea groups is 1. The second-order valence-electron chi connectivity index (χ2n) is 4.02. The lowest BCUT2D eigenvalue weighted by atomic mass is 10.2. The van der Waals surface area contributed by atoms with Gasteiger partial charge in [0, 0.05) is 11.8 Å². The van der Waals surface area contributed by atoms with Gasteiger partial charge in [0.05, 0.1) is 6.04 Å². The number of anilines is 1. The highest BCUT2D eigenvalue weighted by Crippen LogP contribution is 2.10. The minimum Gasteiger partial charge on any atom is -0.478 e. The molecule has 1 atom stereocenters. The van der Waals surface area contributed by atoms with E-state index in [0.717, 1.165) is 11.6 Å². The summed E-state index contributed by atoms with van der Waals surface area (Å²) in [4.78, 5) is 22.0. The number of hydrogen-bond acceptors (Lipinski definition) is 2. The number of nitrogens with one attached hydrogen (secondary N) is 2. The van der Waals surface area contributed by atoms with Crippen LogP contribution in [0.4, 0.5) is 10.5 Å². The molecule has 0 radical (unpaired) electrons. The third-order valence-corrected chi connectivity index (χ3v) is 2.50. The molecule has 1 rings (SSSR count). The van der Waals surface area contributed by atoms with Crippen molar-refractivity contribution in [1.29, 1.82) is 0 Å². The van der Waals surface area contributed by atoms with Gasteiger partial charge in [-0.05, 0) is 30.2 Å². The standard InChI is InChI=1S/C15H16N2O3/c1-3-12(4-2)16-15(20)17-13-8-5-11(6-9-13)7-10-14(18)19/h1,5-10,12H,4H2,2H3,(H,18,19)(H2,16,17,20)/b10-7+. The van der Waals surface area contributed by atoms with E-state index in [4.69, 9.17) is 11.5 Å². The Kier molecular flexibility index (Phi) is 5.85. The van der Waals surface area contributed by atoms with Gasteiger partial charge in [0.25, 0.3) is 0 Å². The summed E-state index contributed by atoms with van der Waals surface area (Å²) in [6, 6.07) is 6.09. The number of aliphatic carboxylic acids is 1. The number of hydrogen-bond donors (Lipinski definition) is 3. The van der Waals surface area contributed by atoms with E-state index in [1.807, 2.05) is 6.92 Å². The second kappa shape index (κ2) is 7.64. The average Bonchev–Trinajstić information content (AvgIpc) is 2.44. The van der Waals surface area contributed by atoms with Crippen molar-refractivity contribution in [3.63, 3.8) is 0 Å². The predicted octanol–water partition coefficient (Wildman–Crippen LogP) is 2.32. The number of terminal acetylenes is 1. The van der Waals surface area contributed by atoms with Gasteiger partial charge >= 0.3 is 12.0 Å². The summed E-state index contributed by atoms with van der Waals surface area (Å²) in [5, 5.41) is 13.8. The summed E-state index contributed by atoms with van der Waals surface area (Å²) in [7, 11) is 0. The van der Waals surface area contributed by atoms with E-state index >= 15 is 0 Å². The van der Waals surface area contributed by atoms with Crippen molar-refractivity contribution in [3.05, 3.63) is 35.9 Å². The summed E-state index contributed by atoms with van der Waals surface area (Å²) in [6.45, 7) is 1.88. The van der Waals surface area contributed by atoms with Gasteiger partial charge in [-0.25, -0.2) is 9.59 Å². The van der Waals surface area contributed by atoms with Crippen LogP contribution < -0.4 is 10.6 Å². The topological polar surface area (TPSA) is 78.4 Å². The van der Waals surface area contributed by atoms with E-state index < -0.39 is 5.97 Å². The van der Waals surface area contributed by atoms with Crippen molar-refractivity contribution in [2.45, 2.75) is 19.4 Å². The van der Waals surface area contributed by atoms with Crippen LogP contribution in [0, 0.1) is 12.3 Å². The van der Waals surface area contributed by atoms with Crippen LogP contribution in [0.25, 0.3) is 6.08 Å². The van der Waals surface area contributed by atoms with Crippen molar-refractivity contribution < 1.29 is 14.7 Å². The van der Waals surface area contributed by atoms with Gasteiger partial charge in [0.1, 0.15) is 0 Å². The maximum atomic E-state index is 11.6. The van der Waals surface area contributed by atoms with Crippen LogP contribution in [-0.2, 0) is 4.79 Å². The zero-order valence-electron chi connectivity index (χ0n) is 11.1. The van der Waals surface area contributed by atoms with Crippen LogP contribution in [0.1, 0.15) is 18.9 Å². The third-order valence-electron chi connectivity index (χ3n) is 2.50. The van der Waals surface area contributed by atoms with Gasteiger partial charge in [0.2, 0.25) is 0 Å². The van der Waals surface area contributed by atoms with Crippen molar-refractivity contribution in [3.8, 4) is 12.3 Å². The smallest absolute Gasteiger partial charge is 0.328 e. The van der Waals surface area contributed by atoms with E-state index in [-0.39, 0.29) is 12.1 Å². The van der Waals surface area contributed by atoms with Crippen molar-refractivity contribution in [1.82, 2.24) is 5.32 Å². The van der Waals surface area contributed by atoms with Gasteiger partial charge in [0.15, 0.2) is 0 Å². The lowest BCUT2D eigenvalue weighted by Crippen LogP contribution is -2.36. The normalized spacial score (nSPS) is 11.6. The highest BCUT2D eigenvalue weighted by atomic mass is 16.4. The van der Waals surface area contributed by atoms with Gasteiger partial charge in [-0.2, -0.15) is 0 Å². The number of carbonyl (C=O) groups is 2. The van der Waals surface area contributed by atoms with Crippen LogP contribution in [0.5, 0.6) is 0 Å². The fraction of sp³-hybridized carbons (Fsp3) is 0.200. The molecule has 20 heavy (non-hydrogen) atoms. The van der Waals surface area contributed by atoms with Crippen LogP contribution in [0.15, 0.2) is 30.3 Å². The Morgan fingerprint density at radius 3 is 2.55 bits per heavy atom. The highest BCUT2D eigenvalue weighted by Gasteiger charge is 2.06. The molecule has 2 amide bonds. The summed E-state index contributed by atoms with van der Waals surface area (Å²) in [5.41, 5.74) is 1.33.